The summed E-state index contributed by atoms with van der Waals surface area (Å²) in [5.74, 6) is -0.342. The topological polar surface area (TPSA) is 74.0 Å². The first-order chi connectivity index (χ1) is 12.9. The molecule has 1 saturated heterocycles. The van der Waals surface area contributed by atoms with Crippen LogP contribution in [0.5, 0.6) is 5.75 Å². The molecule has 3 rings (SSSR count). The standard InChI is InChI=1S/C22H26N2O2S2/c1-21(2,3)13-9-12(10-14(17(13)25)22(4,5)6)11-15-18(26)16(19(23)28-15)20-24-7-8-27-20/h7-11,16,23,25H,1-6H3. The molecule has 0 amide bonds. The predicted octanol–water partition coefficient (Wildman–Crippen LogP) is 5.86. The molecule has 6 heteroatoms. The van der Waals surface area contributed by atoms with E-state index in [2.05, 4.69) is 46.5 Å². The molecular weight excluding hydrogens is 388 g/mol. The highest BCUT2D eigenvalue weighted by molar-refractivity contribution is 8.19. The Balaban J connectivity index is 2.09. The summed E-state index contributed by atoms with van der Waals surface area (Å²) in [5, 5.41) is 21.9. The number of phenols is 1. The summed E-state index contributed by atoms with van der Waals surface area (Å²) in [6.07, 6.45) is 3.51. The van der Waals surface area contributed by atoms with Gasteiger partial charge in [-0.05, 0) is 34.6 Å². The smallest absolute Gasteiger partial charge is 0.186 e. The van der Waals surface area contributed by atoms with E-state index in [1.54, 1.807) is 6.20 Å². The van der Waals surface area contributed by atoms with Crippen LogP contribution in [0.2, 0.25) is 0 Å². The molecule has 2 aromatic rings. The maximum Gasteiger partial charge on any atom is 0.186 e. The Morgan fingerprint density at radius 1 is 1.11 bits per heavy atom. The molecule has 1 aliphatic rings. The number of benzene rings is 1. The molecular formula is C22H26N2O2S2. The molecule has 0 spiro atoms. The molecule has 2 heterocycles. The fourth-order valence-corrected chi connectivity index (χ4v) is 5.03. The Morgan fingerprint density at radius 2 is 1.68 bits per heavy atom. The molecule has 1 fully saturated rings. The quantitative estimate of drug-likeness (QED) is 0.604. The molecule has 148 valence electrons. The first-order valence-corrected chi connectivity index (χ1v) is 10.9. The van der Waals surface area contributed by atoms with Crippen molar-refractivity contribution in [2.45, 2.75) is 58.3 Å². The molecule has 1 aliphatic heterocycles. The van der Waals surface area contributed by atoms with Crippen molar-refractivity contribution in [1.82, 2.24) is 4.98 Å². The molecule has 0 aliphatic carbocycles. The summed E-state index contributed by atoms with van der Waals surface area (Å²) in [6.45, 7) is 12.4. The first kappa shape index (κ1) is 20.8. The average molecular weight is 415 g/mol. The number of ketones is 1. The highest BCUT2D eigenvalue weighted by atomic mass is 32.2. The maximum atomic E-state index is 12.9. The van der Waals surface area contributed by atoms with Crippen molar-refractivity contribution in [3.05, 3.63) is 50.3 Å². The number of Topliss-reactive ketones (excluding diaryl/α,β-unsaturated/α-hetero) is 1. The average Bonchev–Trinajstić information content (AvgIpc) is 3.15. The van der Waals surface area contributed by atoms with Gasteiger partial charge in [0, 0.05) is 22.7 Å². The summed E-state index contributed by atoms with van der Waals surface area (Å²) in [5.41, 5.74) is 2.11. The summed E-state index contributed by atoms with van der Waals surface area (Å²) in [4.78, 5) is 17.7. The van der Waals surface area contributed by atoms with Gasteiger partial charge < -0.3 is 5.11 Å². The van der Waals surface area contributed by atoms with Crippen LogP contribution in [-0.4, -0.2) is 20.9 Å². The zero-order valence-electron chi connectivity index (χ0n) is 17.1. The van der Waals surface area contributed by atoms with E-state index in [4.69, 9.17) is 5.41 Å². The third-order valence-corrected chi connectivity index (χ3v) is 6.57. The van der Waals surface area contributed by atoms with Crippen molar-refractivity contribution in [2.75, 3.05) is 0 Å². The largest absolute Gasteiger partial charge is 0.507 e. The fourth-order valence-electron chi connectivity index (χ4n) is 3.23. The molecule has 0 saturated carbocycles. The number of carbonyl (C=O) groups excluding carboxylic acids is 1. The number of aromatic hydroxyl groups is 1. The van der Waals surface area contributed by atoms with Crippen LogP contribution >= 0.6 is 23.1 Å². The number of phenolic OH excluding ortho intramolecular Hbond substituents is 1. The molecule has 1 atom stereocenters. The van der Waals surface area contributed by atoms with Crippen LogP contribution in [0.4, 0.5) is 0 Å². The highest BCUT2D eigenvalue weighted by Crippen LogP contribution is 2.43. The van der Waals surface area contributed by atoms with Crippen molar-refractivity contribution in [1.29, 1.82) is 5.41 Å². The molecule has 2 N–H and O–H groups in total. The van der Waals surface area contributed by atoms with Crippen LogP contribution in [0.15, 0.2) is 28.6 Å². The summed E-state index contributed by atoms with van der Waals surface area (Å²) in [6, 6.07) is 3.90. The van der Waals surface area contributed by atoms with E-state index in [1.165, 1.54) is 23.1 Å². The molecule has 1 aromatic heterocycles. The van der Waals surface area contributed by atoms with Crippen LogP contribution in [0.3, 0.4) is 0 Å². The number of nitrogens with zero attached hydrogens (tertiary/aromatic N) is 1. The minimum atomic E-state index is -0.586. The number of thiazole rings is 1. The van der Waals surface area contributed by atoms with E-state index in [-0.39, 0.29) is 16.6 Å². The lowest BCUT2D eigenvalue weighted by molar-refractivity contribution is -0.114. The van der Waals surface area contributed by atoms with Gasteiger partial charge in [-0.25, -0.2) is 4.98 Å². The van der Waals surface area contributed by atoms with Gasteiger partial charge in [0.2, 0.25) is 0 Å². The third kappa shape index (κ3) is 3.94. The normalized spacial score (nSPS) is 19.6. The monoisotopic (exact) mass is 414 g/mol. The molecule has 1 unspecified atom stereocenters. The van der Waals surface area contributed by atoms with Crippen molar-refractivity contribution < 1.29 is 9.90 Å². The van der Waals surface area contributed by atoms with Crippen molar-refractivity contribution in [3.63, 3.8) is 0 Å². The lowest BCUT2D eigenvalue weighted by Gasteiger charge is -2.28. The van der Waals surface area contributed by atoms with Crippen LogP contribution in [0.25, 0.3) is 6.08 Å². The van der Waals surface area contributed by atoms with Crippen LogP contribution in [-0.2, 0) is 15.6 Å². The number of nitrogens with one attached hydrogen (secondary N) is 1. The van der Waals surface area contributed by atoms with Crippen molar-refractivity contribution in [3.8, 4) is 5.75 Å². The SMILES string of the molecule is CC(C)(C)c1cc(C=C2SC(=N)C(c3nccs3)C2=O)cc(C(C)(C)C)c1O. The molecule has 0 bridgehead atoms. The number of thioether (sulfide) groups is 1. The summed E-state index contributed by atoms with van der Waals surface area (Å²) in [7, 11) is 0. The number of hydrogen-bond acceptors (Lipinski definition) is 6. The number of rotatable bonds is 2. The second kappa shape index (κ2) is 7.16. The van der Waals surface area contributed by atoms with Crippen LogP contribution in [0, 0.1) is 5.41 Å². The molecule has 28 heavy (non-hydrogen) atoms. The Labute approximate surface area is 174 Å². The Kier molecular flexibility index (Phi) is 5.32. The second-order valence-corrected chi connectivity index (χ2v) is 11.1. The third-order valence-electron chi connectivity index (χ3n) is 4.73. The number of aromatic nitrogens is 1. The lowest BCUT2D eigenvalue weighted by Crippen LogP contribution is -2.17. The highest BCUT2D eigenvalue weighted by Gasteiger charge is 2.38. The number of hydrogen-bond donors (Lipinski definition) is 2. The minimum absolute atomic E-state index is 0.0763. The number of carbonyl (C=O) groups is 1. The van der Waals surface area contributed by atoms with Crippen molar-refractivity contribution in [2.24, 2.45) is 0 Å². The van der Waals surface area contributed by atoms with E-state index in [0.717, 1.165) is 16.7 Å². The van der Waals surface area contributed by atoms with Gasteiger partial charge in [-0.3, -0.25) is 10.2 Å². The molecule has 4 nitrogen and oxygen atoms in total. The first-order valence-electron chi connectivity index (χ1n) is 9.19. The Hall–Kier alpha value is -1.92. The van der Waals surface area contributed by atoms with Gasteiger partial charge in [0.25, 0.3) is 0 Å². The van der Waals surface area contributed by atoms with Gasteiger partial charge >= 0.3 is 0 Å². The van der Waals surface area contributed by atoms with Gasteiger partial charge in [-0.15, -0.1) is 11.3 Å². The van der Waals surface area contributed by atoms with E-state index in [9.17, 15) is 9.90 Å². The van der Waals surface area contributed by atoms with Crippen LogP contribution in [0.1, 0.15) is 69.2 Å². The van der Waals surface area contributed by atoms with Gasteiger partial charge in [0.15, 0.2) is 5.78 Å². The fraction of sp³-hybridized carbons (Fsp3) is 0.409. The van der Waals surface area contributed by atoms with Gasteiger partial charge in [0.1, 0.15) is 16.7 Å². The van der Waals surface area contributed by atoms with Gasteiger partial charge in [0.05, 0.1) is 9.95 Å². The van der Waals surface area contributed by atoms with E-state index in [0.29, 0.717) is 20.7 Å². The van der Waals surface area contributed by atoms with Crippen molar-refractivity contribution >= 4 is 40.0 Å². The maximum absolute atomic E-state index is 12.9. The molecule has 1 aromatic carbocycles. The van der Waals surface area contributed by atoms with Gasteiger partial charge in [-0.2, -0.15) is 0 Å². The number of allylic oxidation sites excluding steroid dienone is 1. The summed E-state index contributed by atoms with van der Waals surface area (Å²) < 4.78 is 0. The second-order valence-electron chi connectivity index (χ2n) is 9.11. The summed E-state index contributed by atoms with van der Waals surface area (Å²) >= 11 is 2.61. The van der Waals surface area contributed by atoms with E-state index < -0.39 is 5.92 Å². The lowest BCUT2D eigenvalue weighted by atomic mass is 9.78. The Bertz CT molecular complexity index is 926. The molecule has 0 radical (unpaired) electrons. The zero-order valence-corrected chi connectivity index (χ0v) is 18.7. The van der Waals surface area contributed by atoms with Crippen LogP contribution < -0.4 is 0 Å². The van der Waals surface area contributed by atoms with E-state index >= 15 is 0 Å². The Morgan fingerprint density at radius 3 is 2.14 bits per heavy atom. The minimum Gasteiger partial charge on any atom is -0.507 e. The van der Waals surface area contributed by atoms with Gasteiger partial charge in [-0.1, -0.05) is 53.3 Å². The van der Waals surface area contributed by atoms with E-state index in [1.807, 2.05) is 23.6 Å². The zero-order chi connectivity index (χ0) is 20.9. The predicted molar refractivity (Wildman–Crippen MR) is 119 cm³/mol.